The fourth-order valence-corrected chi connectivity index (χ4v) is 4.78. The van der Waals surface area contributed by atoms with E-state index >= 15 is 0 Å². The molecule has 3 heteroatoms. The van der Waals surface area contributed by atoms with Crippen LogP contribution in [0, 0.1) is 27.7 Å². The summed E-state index contributed by atoms with van der Waals surface area (Å²) in [5, 5.41) is 0. The van der Waals surface area contributed by atoms with Crippen LogP contribution in [0.5, 0.6) is 0 Å². The molecule has 0 atom stereocenters. The lowest BCUT2D eigenvalue weighted by atomic mass is 9.83. The van der Waals surface area contributed by atoms with Crippen LogP contribution in [-0.2, 0) is 0 Å². The van der Waals surface area contributed by atoms with E-state index in [2.05, 4.69) is 102 Å². The molecule has 4 aromatic rings. The number of benzene rings is 3. The van der Waals surface area contributed by atoms with Crippen LogP contribution in [0.4, 0.5) is 11.4 Å². The van der Waals surface area contributed by atoms with Crippen molar-refractivity contribution in [2.45, 2.75) is 47.5 Å². The largest absolute Gasteiger partial charge is 0.463 e. The summed E-state index contributed by atoms with van der Waals surface area (Å²) in [7, 11) is 0. The van der Waals surface area contributed by atoms with Gasteiger partial charge < -0.3 is 4.42 Å². The molecular formula is C31H30N2O. The Bertz CT molecular complexity index is 1430. The Hall–Kier alpha value is -3.72. The van der Waals surface area contributed by atoms with Crippen molar-refractivity contribution in [2.24, 2.45) is 9.98 Å². The normalized spacial score (nSPS) is 15.1. The van der Waals surface area contributed by atoms with Crippen LogP contribution >= 0.6 is 0 Å². The predicted molar refractivity (Wildman–Crippen MR) is 142 cm³/mol. The third-order valence-electron chi connectivity index (χ3n) is 6.66. The minimum absolute atomic E-state index is 0.294. The van der Waals surface area contributed by atoms with Crippen molar-refractivity contribution in [1.29, 1.82) is 0 Å². The lowest BCUT2D eigenvalue weighted by molar-refractivity contribution is 0.575. The van der Waals surface area contributed by atoms with Gasteiger partial charge in [-0.15, -0.1) is 0 Å². The fraction of sp³-hybridized carbons (Fsp3) is 0.226. The van der Waals surface area contributed by atoms with Crippen molar-refractivity contribution >= 4 is 22.8 Å². The van der Waals surface area contributed by atoms with Crippen molar-refractivity contribution < 1.29 is 4.42 Å². The SMILES string of the molecule is Cc1cccc(C)c1N=C1C(=Nc2c(C)cccc2C)c2c(C(C)C)coc2-c2ccccc21. The molecule has 3 nitrogen and oxygen atoms in total. The molecular weight excluding hydrogens is 416 g/mol. The van der Waals surface area contributed by atoms with E-state index in [1.54, 1.807) is 0 Å². The van der Waals surface area contributed by atoms with Gasteiger partial charge in [-0.1, -0.05) is 74.5 Å². The van der Waals surface area contributed by atoms with Gasteiger partial charge in [-0.2, -0.15) is 0 Å². The second-order valence-electron chi connectivity index (χ2n) is 9.50. The van der Waals surface area contributed by atoms with Gasteiger partial charge in [0.2, 0.25) is 0 Å². The van der Waals surface area contributed by atoms with Gasteiger partial charge in [-0.05, 0) is 55.9 Å². The van der Waals surface area contributed by atoms with Crippen LogP contribution < -0.4 is 0 Å². The van der Waals surface area contributed by atoms with Crippen LogP contribution in [0.1, 0.15) is 58.7 Å². The number of hydrogen-bond acceptors (Lipinski definition) is 3. The zero-order valence-corrected chi connectivity index (χ0v) is 20.7. The van der Waals surface area contributed by atoms with Gasteiger partial charge in [0, 0.05) is 16.7 Å². The number of aliphatic imine (C=N–C) groups is 2. The summed E-state index contributed by atoms with van der Waals surface area (Å²) >= 11 is 0. The molecule has 0 spiro atoms. The number of furan rings is 1. The lowest BCUT2D eigenvalue weighted by Crippen LogP contribution is -2.24. The lowest BCUT2D eigenvalue weighted by Gasteiger charge is -2.22. The summed E-state index contributed by atoms with van der Waals surface area (Å²) in [6, 6.07) is 21.0. The number of nitrogens with zero attached hydrogens (tertiary/aromatic N) is 2. The Morgan fingerprint density at radius 2 is 1.12 bits per heavy atom. The first kappa shape index (κ1) is 22.1. The van der Waals surface area contributed by atoms with Crippen molar-refractivity contribution in [3.05, 3.63) is 106 Å². The molecule has 0 bridgehead atoms. The fourth-order valence-electron chi connectivity index (χ4n) is 4.78. The summed E-state index contributed by atoms with van der Waals surface area (Å²) in [6.07, 6.45) is 1.90. The van der Waals surface area contributed by atoms with Gasteiger partial charge in [-0.25, -0.2) is 9.98 Å². The van der Waals surface area contributed by atoms with E-state index in [1.165, 1.54) is 0 Å². The molecule has 0 unspecified atom stereocenters. The number of aryl methyl sites for hydroxylation is 4. The standard InChI is InChI=1S/C31H30N2O/c1-18(2)25-17-34-31-24-16-8-7-15-23(24)29(32-27-19(3)11-9-12-20(27)4)30(26(25)31)33-28-21(5)13-10-14-22(28)6/h7-18H,1-6H3. The summed E-state index contributed by atoms with van der Waals surface area (Å²) in [5.74, 6) is 1.17. The Morgan fingerprint density at radius 3 is 1.65 bits per heavy atom. The van der Waals surface area contributed by atoms with E-state index < -0.39 is 0 Å². The van der Waals surface area contributed by atoms with Gasteiger partial charge in [0.15, 0.2) is 0 Å². The molecule has 0 fully saturated rings. The highest BCUT2D eigenvalue weighted by atomic mass is 16.3. The molecule has 0 amide bonds. The molecule has 1 aliphatic carbocycles. The summed E-state index contributed by atoms with van der Waals surface area (Å²) in [6.45, 7) is 12.9. The van der Waals surface area contributed by atoms with Crippen LogP contribution in [0.3, 0.4) is 0 Å². The maximum absolute atomic E-state index is 6.21. The van der Waals surface area contributed by atoms with Gasteiger partial charge in [0.1, 0.15) is 11.5 Å². The summed E-state index contributed by atoms with van der Waals surface area (Å²) in [4.78, 5) is 10.7. The smallest absolute Gasteiger partial charge is 0.144 e. The molecule has 170 valence electrons. The van der Waals surface area contributed by atoms with Gasteiger partial charge in [-0.3, -0.25) is 0 Å². The quantitative estimate of drug-likeness (QED) is 0.310. The highest BCUT2D eigenvalue weighted by Gasteiger charge is 2.33. The molecule has 0 N–H and O–H groups in total. The van der Waals surface area contributed by atoms with Crippen LogP contribution in [0.25, 0.3) is 11.3 Å². The Kier molecular flexibility index (Phi) is 5.57. The third kappa shape index (κ3) is 3.62. The van der Waals surface area contributed by atoms with E-state index in [-0.39, 0.29) is 0 Å². The molecule has 1 heterocycles. The molecule has 5 rings (SSSR count). The summed E-state index contributed by atoms with van der Waals surface area (Å²) < 4.78 is 6.21. The Balaban J connectivity index is 1.91. The molecule has 1 aromatic heterocycles. The first-order chi connectivity index (χ1) is 16.4. The molecule has 1 aliphatic rings. The van der Waals surface area contributed by atoms with E-state index in [9.17, 15) is 0 Å². The monoisotopic (exact) mass is 446 g/mol. The van der Waals surface area contributed by atoms with E-state index in [0.717, 1.165) is 73.1 Å². The average molecular weight is 447 g/mol. The highest BCUT2D eigenvalue weighted by Crippen LogP contribution is 2.41. The highest BCUT2D eigenvalue weighted by molar-refractivity contribution is 6.57. The van der Waals surface area contributed by atoms with Crippen molar-refractivity contribution in [2.75, 3.05) is 0 Å². The van der Waals surface area contributed by atoms with Crippen molar-refractivity contribution in [3.63, 3.8) is 0 Å². The second-order valence-corrected chi connectivity index (χ2v) is 9.50. The molecule has 0 aliphatic heterocycles. The zero-order chi connectivity index (χ0) is 24.0. The first-order valence-electron chi connectivity index (χ1n) is 11.9. The number of fused-ring (bicyclic) bond motifs is 3. The molecule has 34 heavy (non-hydrogen) atoms. The number of hydrogen-bond donors (Lipinski definition) is 0. The number of rotatable bonds is 3. The molecule has 3 aromatic carbocycles. The van der Waals surface area contributed by atoms with E-state index in [0.29, 0.717) is 5.92 Å². The Labute approximate surface area is 201 Å². The predicted octanol–water partition coefficient (Wildman–Crippen LogP) is 8.56. The zero-order valence-electron chi connectivity index (χ0n) is 20.7. The Morgan fingerprint density at radius 1 is 0.618 bits per heavy atom. The van der Waals surface area contributed by atoms with Crippen molar-refractivity contribution in [1.82, 2.24) is 0 Å². The first-order valence-corrected chi connectivity index (χ1v) is 11.9. The van der Waals surface area contributed by atoms with Crippen LogP contribution in [0.15, 0.2) is 81.3 Å². The van der Waals surface area contributed by atoms with Gasteiger partial charge >= 0.3 is 0 Å². The van der Waals surface area contributed by atoms with Gasteiger partial charge in [0.25, 0.3) is 0 Å². The maximum Gasteiger partial charge on any atom is 0.144 e. The second kappa shape index (κ2) is 8.57. The molecule has 0 saturated heterocycles. The average Bonchev–Trinajstić information content (AvgIpc) is 3.25. The van der Waals surface area contributed by atoms with Crippen molar-refractivity contribution in [3.8, 4) is 11.3 Å². The van der Waals surface area contributed by atoms with Crippen LogP contribution in [-0.4, -0.2) is 11.4 Å². The number of para-hydroxylation sites is 2. The van der Waals surface area contributed by atoms with Gasteiger partial charge in [0.05, 0.1) is 28.9 Å². The van der Waals surface area contributed by atoms with Crippen LogP contribution in [0.2, 0.25) is 0 Å². The minimum Gasteiger partial charge on any atom is -0.463 e. The van der Waals surface area contributed by atoms with E-state index in [1.807, 2.05) is 6.26 Å². The molecule has 0 radical (unpaired) electrons. The third-order valence-corrected chi connectivity index (χ3v) is 6.66. The topological polar surface area (TPSA) is 37.9 Å². The van der Waals surface area contributed by atoms with E-state index in [4.69, 9.17) is 14.4 Å². The molecule has 0 saturated carbocycles. The summed E-state index contributed by atoms with van der Waals surface area (Å²) in [5.41, 5.74) is 12.7. The maximum atomic E-state index is 6.21. The minimum atomic E-state index is 0.294.